The highest BCUT2D eigenvalue weighted by atomic mass is 79.9. The Morgan fingerprint density at radius 1 is 1.24 bits per heavy atom. The van der Waals surface area contributed by atoms with E-state index in [0.717, 1.165) is 4.47 Å². The predicted molar refractivity (Wildman–Crippen MR) is 68.4 cm³/mol. The van der Waals surface area contributed by atoms with Crippen molar-refractivity contribution >= 4 is 25.8 Å². The number of sulfone groups is 1. The predicted octanol–water partition coefficient (Wildman–Crippen LogP) is 2.12. The monoisotopic (exact) mass is 314 g/mol. The summed E-state index contributed by atoms with van der Waals surface area (Å²) in [7, 11) is -3.22. The first-order valence-electron chi connectivity index (χ1n) is 5.02. The van der Waals surface area contributed by atoms with Crippen LogP contribution in [0.4, 0.5) is 0 Å². The Bertz CT molecular complexity index is 576. The molecule has 17 heavy (non-hydrogen) atoms. The van der Waals surface area contributed by atoms with Crippen molar-refractivity contribution in [2.75, 3.05) is 5.75 Å². The average Bonchev–Trinajstić information content (AvgIpc) is 2.80. The number of hydrogen-bond donors (Lipinski definition) is 0. The minimum atomic E-state index is -3.22. The maximum atomic E-state index is 12.0. The summed E-state index contributed by atoms with van der Waals surface area (Å²) in [6.07, 6.45) is 4.99. The summed E-state index contributed by atoms with van der Waals surface area (Å²) in [4.78, 5) is 4.22. The molecule has 1 aromatic carbocycles. The summed E-state index contributed by atoms with van der Waals surface area (Å²) in [6.45, 7) is 0.415. The van der Waals surface area contributed by atoms with E-state index in [9.17, 15) is 8.42 Å². The Kier molecular flexibility index (Phi) is 3.63. The lowest BCUT2D eigenvalue weighted by Gasteiger charge is -2.05. The molecule has 0 N–H and O–H groups in total. The van der Waals surface area contributed by atoms with Crippen LogP contribution in [0, 0.1) is 0 Å². The number of aryl methyl sites for hydroxylation is 1. The van der Waals surface area contributed by atoms with Gasteiger partial charge in [0.25, 0.3) is 0 Å². The Hall–Kier alpha value is -1.14. The number of hydrogen-bond acceptors (Lipinski definition) is 3. The molecule has 0 saturated carbocycles. The van der Waals surface area contributed by atoms with Gasteiger partial charge in [0.2, 0.25) is 0 Å². The van der Waals surface area contributed by atoms with E-state index in [0.29, 0.717) is 11.4 Å². The van der Waals surface area contributed by atoms with Crippen LogP contribution < -0.4 is 0 Å². The fourth-order valence-corrected chi connectivity index (χ4v) is 2.91. The normalized spacial score (nSPS) is 11.6. The molecule has 0 spiro atoms. The molecule has 0 saturated heterocycles. The standard InChI is InChI=1S/C11H11BrN2O2S/c12-10-1-3-11(4-2-10)17(15,16)8-7-14-6-5-13-9-14/h1-6,9H,7-8H2. The van der Waals surface area contributed by atoms with E-state index in [1.165, 1.54) is 0 Å². The number of nitrogens with zero attached hydrogens (tertiary/aromatic N) is 2. The quantitative estimate of drug-likeness (QED) is 0.868. The van der Waals surface area contributed by atoms with Crippen molar-refractivity contribution in [2.45, 2.75) is 11.4 Å². The van der Waals surface area contributed by atoms with Crippen LogP contribution in [0.1, 0.15) is 0 Å². The summed E-state index contributed by atoms with van der Waals surface area (Å²) < 4.78 is 26.6. The van der Waals surface area contributed by atoms with Crippen LogP contribution in [0.15, 0.2) is 52.4 Å². The topological polar surface area (TPSA) is 52.0 Å². The molecule has 0 aliphatic carbocycles. The van der Waals surface area contributed by atoms with Crippen molar-refractivity contribution in [3.05, 3.63) is 47.5 Å². The summed E-state index contributed by atoms with van der Waals surface area (Å²) in [5.74, 6) is 0.0744. The van der Waals surface area contributed by atoms with E-state index in [2.05, 4.69) is 20.9 Å². The zero-order valence-corrected chi connectivity index (χ0v) is 11.4. The fraction of sp³-hybridized carbons (Fsp3) is 0.182. The van der Waals surface area contributed by atoms with Gasteiger partial charge in [-0.05, 0) is 24.3 Å². The van der Waals surface area contributed by atoms with Gasteiger partial charge in [0.05, 0.1) is 17.0 Å². The van der Waals surface area contributed by atoms with Crippen molar-refractivity contribution in [2.24, 2.45) is 0 Å². The number of benzene rings is 1. The number of imidazole rings is 1. The molecule has 1 aromatic heterocycles. The van der Waals surface area contributed by atoms with Gasteiger partial charge < -0.3 is 4.57 Å². The zero-order valence-electron chi connectivity index (χ0n) is 8.95. The maximum Gasteiger partial charge on any atom is 0.180 e. The molecular formula is C11H11BrN2O2S. The van der Waals surface area contributed by atoms with Gasteiger partial charge in [-0.3, -0.25) is 0 Å². The van der Waals surface area contributed by atoms with Crippen LogP contribution in [-0.2, 0) is 16.4 Å². The minimum absolute atomic E-state index is 0.0744. The van der Waals surface area contributed by atoms with Crippen molar-refractivity contribution in [1.82, 2.24) is 9.55 Å². The second kappa shape index (κ2) is 5.01. The number of aromatic nitrogens is 2. The molecule has 0 fully saturated rings. The summed E-state index contributed by atoms with van der Waals surface area (Å²) >= 11 is 3.28. The zero-order chi connectivity index (χ0) is 12.3. The van der Waals surface area contributed by atoms with Gasteiger partial charge in [0.15, 0.2) is 9.84 Å². The summed E-state index contributed by atoms with van der Waals surface area (Å²) in [6, 6.07) is 6.66. The fourth-order valence-electron chi connectivity index (χ4n) is 1.40. The lowest BCUT2D eigenvalue weighted by molar-refractivity contribution is 0.589. The molecular weight excluding hydrogens is 304 g/mol. The molecule has 0 unspecified atom stereocenters. The van der Waals surface area contributed by atoms with Gasteiger partial charge in [0.1, 0.15) is 0 Å². The third-order valence-electron chi connectivity index (χ3n) is 2.35. The molecule has 0 radical (unpaired) electrons. The Labute approximate surface area is 108 Å². The van der Waals surface area contributed by atoms with E-state index < -0.39 is 9.84 Å². The lowest BCUT2D eigenvalue weighted by Crippen LogP contribution is -2.12. The number of rotatable bonds is 4. The molecule has 2 aromatic rings. The van der Waals surface area contributed by atoms with Crippen molar-refractivity contribution in [3.63, 3.8) is 0 Å². The molecule has 0 bridgehead atoms. The molecule has 1 heterocycles. The van der Waals surface area contributed by atoms with Gasteiger partial charge in [-0.25, -0.2) is 13.4 Å². The SMILES string of the molecule is O=S(=O)(CCn1ccnc1)c1ccc(Br)cc1. The average molecular weight is 315 g/mol. The largest absolute Gasteiger partial charge is 0.336 e. The second-order valence-corrected chi connectivity index (χ2v) is 6.60. The highest BCUT2D eigenvalue weighted by molar-refractivity contribution is 9.10. The molecule has 4 nitrogen and oxygen atoms in total. The van der Waals surface area contributed by atoms with Gasteiger partial charge in [-0.2, -0.15) is 0 Å². The molecule has 0 atom stereocenters. The molecule has 0 amide bonds. The summed E-state index contributed by atoms with van der Waals surface area (Å²) in [5, 5.41) is 0. The van der Waals surface area contributed by atoms with E-state index in [4.69, 9.17) is 0 Å². The molecule has 90 valence electrons. The molecule has 2 rings (SSSR count). The van der Waals surface area contributed by atoms with Crippen LogP contribution in [0.3, 0.4) is 0 Å². The van der Waals surface area contributed by atoms with E-state index in [-0.39, 0.29) is 5.75 Å². The second-order valence-electron chi connectivity index (χ2n) is 3.57. The first-order chi connectivity index (χ1) is 8.08. The maximum absolute atomic E-state index is 12.0. The van der Waals surface area contributed by atoms with Gasteiger partial charge in [-0.15, -0.1) is 0 Å². The van der Waals surface area contributed by atoms with Gasteiger partial charge in [-0.1, -0.05) is 15.9 Å². The van der Waals surface area contributed by atoms with Crippen molar-refractivity contribution < 1.29 is 8.42 Å². The van der Waals surface area contributed by atoms with Crippen molar-refractivity contribution in [3.8, 4) is 0 Å². The Morgan fingerprint density at radius 3 is 2.53 bits per heavy atom. The third kappa shape index (κ3) is 3.17. The smallest absolute Gasteiger partial charge is 0.180 e. The van der Waals surface area contributed by atoms with Crippen LogP contribution in [0.5, 0.6) is 0 Å². The Morgan fingerprint density at radius 2 is 1.94 bits per heavy atom. The third-order valence-corrected chi connectivity index (χ3v) is 4.59. The number of halogens is 1. The van der Waals surface area contributed by atoms with Crippen LogP contribution in [0.2, 0.25) is 0 Å². The van der Waals surface area contributed by atoms with E-state index in [1.807, 2.05) is 0 Å². The van der Waals surface area contributed by atoms with Gasteiger partial charge >= 0.3 is 0 Å². The molecule has 6 heteroatoms. The Balaban J connectivity index is 2.11. The first kappa shape index (κ1) is 12.3. The highest BCUT2D eigenvalue weighted by Gasteiger charge is 2.13. The highest BCUT2D eigenvalue weighted by Crippen LogP contribution is 2.16. The van der Waals surface area contributed by atoms with Gasteiger partial charge in [0, 0.05) is 23.4 Å². The minimum Gasteiger partial charge on any atom is -0.336 e. The van der Waals surface area contributed by atoms with Crippen LogP contribution >= 0.6 is 15.9 Å². The van der Waals surface area contributed by atoms with Crippen molar-refractivity contribution in [1.29, 1.82) is 0 Å². The molecule has 0 aliphatic rings. The first-order valence-corrected chi connectivity index (χ1v) is 7.46. The van der Waals surface area contributed by atoms with Crippen LogP contribution in [0.25, 0.3) is 0 Å². The summed E-state index contributed by atoms with van der Waals surface area (Å²) in [5.41, 5.74) is 0. The lowest BCUT2D eigenvalue weighted by atomic mass is 10.4. The molecule has 0 aliphatic heterocycles. The van der Waals surface area contributed by atoms with E-state index in [1.54, 1.807) is 47.6 Å². The van der Waals surface area contributed by atoms with Crippen LogP contribution in [-0.4, -0.2) is 23.7 Å². The van der Waals surface area contributed by atoms with E-state index >= 15 is 0 Å².